The fourth-order valence-corrected chi connectivity index (χ4v) is 3.71. The molecular formula is C15H18N2OS. The zero-order valence-electron chi connectivity index (χ0n) is 11.1. The Hall–Kier alpha value is -1.39. The molecule has 1 aliphatic rings. The van der Waals surface area contributed by atoms with Crippen molar-refractivity contribution < 1.29 is 5.11 Å². The van der Waals surface area contributed by atoms with Crippen molar-refractivity contribution in [2.45, 2.75) is 26.3 Å². The van der Waals surface area contributed by atoms with Crippen molar-refractivity contribution in [2.75, 3.05) is 13.1 Å². The van der Waals surface area contributed by atoms with Gasteiger partial charge in [0.1, 0.15) is 10.8 Å². The highest BCUT2D eigenvalue weighted by Gasteiger charge is 2.21. The number of benzene rings is 1. The van der Waals surface area contributed by atoms with E-state index >= 15 is 0 Å². The van der Waals surface area contributed by atoms with Crippen molar-refractivity contribution in [1.29, 1.82) is 0 Å². The summed E-state index contributed by atoms with van der Waals surface area (Å²) in [6.07, 6.45) is 2.22. The minimum Gasteiger partial charge on any atom is -0.507 e. The molecule has 1 N–H and O–H groups in total. The first-order valence-corrected chi connectivity index (χ1v) is 7.59. The number of nitrogens with zero attached hydrogens (tertiary/aromatic N) is 2. The highest BCUT2D eigenvalue weighted by Crippen LogP contribution is 2.35. The molecule has 0 spiro atoms. The van der Waals surface area contributed by atoms with E-state index in [9.17, 15) is 5.11 Å². The molecule has 2 aromatic rings. The van der Waals surface area contributed by atoms with Crippen LogP contribution in [0, 0.1) is 0 Å². The Balaban J connectivity index is 1.90. The molecule has 1 aromatic carbocycles. The topological polar surface area (TPSA) is 36.4 Å². The third-order valence-corrected chi connectivity index (χ3v) is 4.60. The van der Waals surface area contributed by atoms with Crippen LogP contribution in [0.2, 0.25) is 0 Å². The Kier molecular flexibility index (Phi) is 3.53. The van der Waals surface area contributed by atoms with E-state index in [1.165, 1.54) is 17.0 Å². The molecular weight excluding hydrogens is 256 g/mol. The number of phenolic OH excluding ortho intramolecular Hbond substituents is 1. The average molecular weight is 274 g/mol. The van der Waals surface area contributed by atoms with Gasteiger partial charge in [0.05, 0.1) is 11.3 Å². The second-order valence-corrected chi connectivity index (χ2v) is 6.02. The zero-order valence-corrected chi connectivity index (χ0v) is 11.9. The molecule has 0 atom stereocenters. The number of hydrogen-bond donors (Lipinski definition) is 1. The number of rotatable bonds is 3. The summed E-state index contributed by atoms with van der Waals surface area (Å²) < 4.78 is 0. The molecule has 2 heterocycles. The fraction of sp³-hybridized carbons (Fsp3) is 0.400. The normalized spacial score (nSPS) is 15.4. The van der Waals surface area contributed by atoms with Gasteiger partial charge in [-0.05, 0) is 25.1 Å². The highest BCUT2D eigenvalue weighted by molar-refractivity contribution is 7.15. The third-order valence-electron chi connectivity index (χ3n) is 3.48. The average Bonchev–Trinajstić information content (AvgIpc) is 2.82. The van der Waals surface area contributed by atoms with Gasteiger partial charge in [0.15, 0.2) is 0 Å². The summed E-state index contributed by atoms with van der Waals surface area (Å²) in [5.41, 5.74) is 2.07. The number of aromatic hydroxyl groups is 1. The largest absolute Gasteiger partial charge is 0.507 e. The molecule has 0 fully saturated rings. The number of hydrogen-bond acceptors (Lipinski definition) is 4. The van der Waals surface area contributed by atoms with E-state index in [0.717, 1.165) is 36.6 Å². The Morgan fingerprint density at radius 3 is 3.00 bits per heavy atom. The van der Waals surface area contributed by atoms with E-state index in [-0.39, 0.29) is 0 Å². The summed E-state index contributed by atoms with van der Waals surface area (Å²) in [4.78, 5) is 8.55. The SMILES string of the molecule is CCCN1CCc2nc(-c3ccccc3O)sc2C1. The van der Waals surface area contributed by atoms with Crippen LogP contribution in [-0.2, 0) is 13.0 Å². The Morgan fingerprint density at radius 2 is 2.21 bits per heavy atom. The van der Waals surface area contributed by atoms with Crippen LogP contribution in [0.3, 0.4) is 0 Å². The van der Waals surface area contributed by atoms with Gasteiger partial charge in [-0.2, -0.15) is 0 Å². The van der Waals surface area contributed by atoms with Gasteiger partial charge >= 0.3 is 0 Å². The van der Waals surface area contributed by atoms with E-state index in [1.807, 2.05) is 18.2 Å². The van der Waals surface area contributed by atoms with Gasteiger partial charge in [-0.15, -0.1) is 11.3 Å². The Morgan fingerprint density at radius 1 is 1.37 bits per heavy atom. The fourth-order valence-electron chi connectivity index (χ4n) is 2.53. The molecule has 1 aromatic heterocycles. The maximum absolute atomic E-state index is 9.92. The molecule has 0 unspecified atom stereocenters. The maximum atomic E-state index is 9.92. The van der Waals surface area contributed by atoms with E-state index in [0.29, 0.717) is 5.75 Å². The van der Waals surface area contributed by atoms with Gasteiger partial charge in [-0.25, -0.2) is 4.98 Å². The molecule has 3 rings (SSSR count). The van der Waals surface area contributed by atoms with E-state index in [1.54, 1.807) is 17.4 Å². The van der Waals surface area contributed by atoms with Gasteiger partial charge < -0.3 is 5.11 Å². The minimum atomic E-state index is 0.319. The van der Waals surface area contributed by atoms with Crippen molar-refractivity contribution in [1.82, 2.24) is 9.88 Å². The third kappa shape index (κ3) is 2.51. The van der Waals surface area contributed by atoms with E-state index in [4.69, 9.17) is 4.98 Å². The van der Waals surface area contributed by atoms with Crippen LogP contribution >= 0.6 is 11.3 Å². The summed E-state index contributed by atoms with van der Waals surface area (Å²) in [5, 5.41) is 10.9. The van der Waals surface area contributed by atoms with Crippen LogP contribution in [0.15, 0.2) is 24.3 Å². The van der Waals surface area contributed by atoms with Gasteiger partial charge in [0, 0.05) is 24.4 Å². The molecule has 0 radical (unpaired) electrons. The van der Waals surface area contributed by atoms with Gasteiger partial charge in [0.25, 0.3) is 0 Å². The van der Waals surface area contributed by atoms with Crippen LogP contribution < -0.4 is 0 Å². The van der Waals surface area contributed by atoms with E-state index < -0.39 is 0 Å². The lowest BCUT2D eigenvalue weighted by molar-refractivity contribution is 0.256. The molecule has 0 amide bonds. The maximum Gasteiger partial charge on any atom is 0.127 e. The zero-order chi connectivity index (χ0) is 13.2. The molecule has 1 aliphatic heterocycles. The lowest BCUT2D eigenvalue weighted by atomic mass is 10.1. The molecule has 0 bridgehead atoms. The molecule has 0 aliphatic carbocycles. The smallest absolute Gasteiger partial charge is 0.127 e. The molecule has 0 saturated carbocycles. The van der Waals surface area contributed by atoms with Crippen LogP contribution in [0.1, 0.15) is 23.9 Å². The predicted octanol–water partition coefficient (Wildman–Crippen LogP) is 3.28. The molecule has 3 nitrogen and oxygen atoms in total. The number of aromatic nitrogens is 1. The van der Waals surface area contributed by atoms with Crippen molar-refractivity contribution in [2.24, 2.45) is 0 Å². The number of phenols is 1. The second kappa shape index (κ2) is 5.31. The number of para-hydroxylation sites is 1. The van der Waals surface area contributed by atoms with Crippen molar-refractivity contribution in [3.05, 3.63) is 34.8 Å². The Bertz CT molecular complexity index is 579. The lowest BCUT2D eigenvalue weighted by Gasteiger charge is -2.25. The highest BCUT2D eigenvalue weighted by atomic mass is 32.1. The van der Waals surface area contributed by atoms with E-state index in [2.05, 4.69) is 11.8 Å². The lowest BCUT2D eigenvalue weighted by Crippen LogP contribution is -2.30. The summed E-state index contributed by atoms with van der Waals surface area (Å²) in [7, 11) is 0. The minimum absolute atomic E-state index is 0.319. The van der Waals surface area contributed by atoms with Crippen molar-refractivity contribution in [3.8, 4) is 16.3 Å². The second-order valence-electron chi connectivity index (χ2n) is 4.93. The molecule has 4 heteroatoms. The standard InChI is InChI=1S/C15H18N2OS/c1-2-8-17-9-7-12-14(10-17)19-15(16-12)11-5-3-4-6-13(11)18/h3-6,18H,2,7-10H2,1H3. The Labute approximate surface area is 117 Å². The molecule has 0 saturated heterocycles. The molecule has 19 heavy (non-hydrogen) atoms. The van der Waals surface area contributed by atoms with Crippen LogP contribution in [0.4, 0.5) is 0 Å². The molecule has 100 valence electrons. The number of thiazole rings is 1. The summed E-state index contributed by atoms with van der Waals surface area (Å²) >= 11 is 1.72. The summed E-state index contributed by atoms with van der Waals surface area (Å²) in [6, 6.07) is 7.44. The van der Waals surface area contributed by atoms with Crippen LogP contribution in [0.5, 0.6) is 5.75 Å². The number of fused-ring (bicyclic) bond motifs is 1. The first kappa shape index (κ1) is 12.6. The van der Waals surface area contributed by atoms with Crippen LogP contribution in [-0.4, -0.2) is 28.1 Å². The summed E-state index contributed by atoms with van der Waals surface area (Å²) in [5.74, 6) is 0.319. The quantitative estimate of drug-likeness (QED) is 0.933. The van der Waals surface area contributed by atoms with Gasteiger partial charge in [0.2, 0.25) is 0 Å². The first-order chi connectivity index (χ1) is 9.28. The van der Waals surface area contributed by atoms with Crippen molar-refractivity contribution in [3.63, 3.8) is 0 Å². The first-order valence-electron chi connectivity index (χ1n) is 6.77. The van der Waals surface area contributed by atoms with Crippen molar-refractivity contribution >= 4 is 11.3 Å². The van der Waals surface area contributed by atoms with Gasteiger partial charge in [-0.3, -0.25) is 4.90 Å². The van der Waals surface area contributed by atoms with Crippen LogP contribution in [0.25, 0.3) is 10.6 Å². The summed E-state index contributed by atoms with van der Waals surface area (Å²) in [6.45, 7) is 5.48. The predicted molar refractivity (Wildman–Crippen MR) is 78.5 cm³/mol. The monoisotopic (exact) mass is 274 g/mol. The van der Waals surface area contributed by atoms with Gasteiger partial charge in [-0.1, -0.05) is 19.1 Å².